The van der Waals surface area contributed by atoms with E-state index in [9.17, 15) is 4.79 Å². The van der Waals surface area contributed by atoms with Crippen LogP contribution in [0.25, 0.3) is 0 Å². The van der Waals surface area contributed by atoms with E-state index in [1.807, 2.05) is 12.1 Å². The summed E-state index contributed by atoms with van der Waals surface area (Å²) in [6.45, 7) is 1.81. The van der Waals surface area contributed by atoms with Crippen LogP contribution in [0.15, 0.2) is 24.3 Å². The summed E-state index contributed by atoms with van der Waals surface area (Å²) in [4.78, 5) is 12.0. The first-order valence-electron chi connectivity index (χ1n) is 6.93. The molecule has 0 bridgehead atoms. The van der Waals surface area contributed by atoms with Crippen LogP contribution in [0.4, 0.5) is 0 Å². The summed E-state index contributed by atoms with van der Waals surface area (Å²) in [5.74, 6) is 0.290. The van der Waals surface area contributed by atoms with Crippen molar-refractivity contribution in [2.24, 2.45) is 0 Å². The minimum absolute atomic E-state index is 0.0950. The molecule has 1 aromatic carbocycles. The summed E-state index contributed by atoms with van der Waals surface area (Å²) in [5.41, 5.74) is 2.54. The maximum absolute atomic E-state index is 12.0. The Kier molecular flexibility index (Phi) is 3.33. The molecular weight excluding hydrogens is 224 g/mol. The summed E-state index contributed by atoms with van der Waals surface area (Å²) in [7, 11) is 0. The van der Waals surface area contributed by atoms with Gasteiger partial charge < -0.3 is 10.6 Å². The number of hydrogen-bond donors (Lipinski definition) is 2. The van der Waals surface area contributed by atoms with Crippen molar-refractivity contribution in [3.8, 4) is 0 Å². The number of hydrogen-bond acceptors (Lipinski definition) is 2. The number of carbonyl (C=O) groups excluding carboxylic acids is 1. The zero-order valence-electron chi connectivity index (χ0n) is 10.6. The SMILES string of the molecule is O=C(NCCCNC1CC1)C1Cc2ccccc21. The van der Waals surface area contributed by atoms with Gasteiger partial charge in [0, 0.05) is 12.6 Å². The third-order valence-electron chi connectivity index (χ3n) is 3.83. The highest BCUT2D eigenvalue weighted by atomic mass is 16.1. The monoisotopic (exact) mass is 244 g/mol. The van der Waals surface area contributed by atoms with Gasteiger partial charge in [-0.2, -0.15) is 0 Å². The molecule has 1 saturated carbocycles. The van der Waals surface area contributed by atoms with E-state index in [1.165, 1.54) is 24.0 Å². The van der Waals surface area contributed by atoms with Crippen molar-refractivity contribution in [3.05, 3.63) is 35.4 Å². The number of amides is 1. The minimum atomic E-state index is 0.0950. The van der Waals surface area contributed by atoms with Gasteiger partial charge in [0.15, 0.2) is 0 Å². The maximum Gasteiger partial charge on any atom is 0.227 e. The topological polar surface area (TPSA) is 41.1 Å². The fourth-order valence-electron chi connectivity index (χ4n) is 2.51. The fourth-order valence-corrected chi connectivity index (χ4v) is 2.51. The summed E-state index contributed by atoms with van der Waals surface area (Å²) >= 11 is 0. The number of nitrogens with one attached hydrogen (secondary N) is 2. The standard InChI is InChI=1S/C15H20N2O/c18-15(17-9-3-8-16-12-6-7-12)14-10-11-4-1-2-5-13(11)14/h1-2,4-5,12,14,16H,3,6-10H2,(H,17,18). The molecule has 1 unspecified atom stereocenters. The second-order valence-electron chi connectivity index (χ2n) is 5.33. The maximum atomic E-state index is 12.0. The quantitative estimate of drug-likeness (QED) is 0.746. The second kappa shape index (κ2) is 5.11. The highest BCUT2D eigenvalue weighted by molar-refractivity contribution is 5.86. The van der Waals surface area contributed by atoms with Crippen LogP contribution in [0.1, 0.15) is 36.3 Å². The van der Waals surface area contributed by atoms with E-state index >= 15 is 0 Å². The van der Waals surface area contributed by atoms with Gasteiger partial charge in [-0.3, -0.25) is 4.79 Å². The Morgan fingerprint density at radius 1 is 1.22 bits per heavy atom. The molecule has 0 spiro atoms. The largest absolute Gasteiger partial charge is 0.356 e. The van der Waals surface area contributed by atoms with Crippen molar-refractivity contribution < 1.29 is 4.79 Å². The van der Waals surface area contributed by atoms with E-state index in [1.54, 1.807) is 0 Å². The van der Waals surface area contributed by atoms with Crippen LogP contribution < -0.4 is 10.6 Å². The van der Waals surface area contributed by atoms with Crippen LogP contribution in [0, 0.1) is 0 Å². The van der Waals surface area contributed by atoms with Crippen molar-refractivity contribution >= 4 is 5.91 Å². The molecule has 0 aromatic heterocycles. The molecule has 1 fully saturated rings. The van der Waals surface area contributed by atoms with Crippen LogP contribution in [-0.4, -0.2) is 25.0 Å². The average molecular weight is 244 g/mol. The van der Waals surface area contributed by atoms with Gasteiger partial charge in [0.25, 0.3) is 0 Å². The third kappa shape index (κ3) is 2.56. The smallest absolute Gasteiger partial charge is 0.227 e. The molecule has 0 saturated heterocycles. The van der Waals surface area contributed by atoms with Gasteiger partial charge in [0.1, 0.15) is 0 Å². The van der Waals surface area contributed by atoms with E-state index in [-0.39, 0.29) is 11.8 Å². The molecule has 3 rings (SSSR count). The molecule has 0 radical (unpaired) electrons. The Balaban J connectivity index is 1.37. The predicted molar refractivity (Wildman–Crippen MR) is 71.5 cm³/mol. The van der Waals surface area contributed by atoms with E-state index < -0.39 is 0 Å². The summed E-state index contributed by atoms with van der Waals surface area (Å²) in [6, 6.07) is 8.99. The van der Waals surface area contributed by atoms with Gasteiger partial charge in [-0.05, 0) is 43.4 Å². The lowest BCUT2D eigenvalue weighted by Crippen LogP contribution is -2.36. The van der Waals surface area contributed by atoms with E-state index in [0.29, 0.717) is 0 Å². The number of rotatable bonds is 6. The van der Waals surface area contributed by atoms with Gasteiger partial charge in [0.05, 0.1) is 5.92 Å². The van der Waals surface area contributed by atoms with Crippen LogP contribution in [0.3, 0.4) is 0 Å². The molecule has 18 heavy (non-hydrogen) atoms. The second-order valence-corrected chi connectivity index (χ2v) is 5.33. The van der Waals surface area contributed by atoms with Crippen LogP contribution in [0.2, 0.25) is 0 Å². The predicted octanol–water partition coefficient (Wildman–Crippen LogP) is 1.58. The molecule has 3 nitrogen and oxygen atoms in total. The van der Waals surface area contributed by atoms with Gasteiger partial charge in [-0.25, -0.2) is 0 Å². The molecule has 3 heteroatoms. The Bertz CT molecular complexity index is 440. The summed E-state index contributed by atoms with van der Waals surface area (Å²) < 4.78 is 0. The molecule has 1 atom stereocenters. The molecule has 2 N–H and O–H groups in total. The average Bonchev–Trinajstić information content (AvgIpc) is 3.14. The fraction of sp³-hybridized carbons (Fsp3) is 0.533. The van der Waals surface area contributed by atoms with Crippen LogP contribution in [0.5, 0.6) is 0 Å². The summed E-state index contributed by atoms with van der Waals surface area (Å²) in [6.07, 6.45) is 4.58. The zero-order valence-corrected chi connectivity index (χ0v) is 10.6. The number of carbonyl (C=O) groups is 1. The lowest BCUT2D eigenvalue weighted by atomic mass is 9.77. The number of fused-ring (bicyclic) bond motifs is 1. The Hall–Kier alpha value is -1.35. The first-order chi connectivity index (χ1) is 8.84. The molecule has 96 valence electrons. The van der Waals surface area contributed by atoms with E-state index in [2.05, 4.69) is 22.8 Å². The Morgan fingerprint density at radius 2 is 2.06 bits per heavy atom. The summed E-state index contributed by atoms with van der Waals surface area (Å²) in [5, 5.41) is 6.49. The van der Waals surface area contributed by atoms with Crippen molar-refractivity contribution in [1.29, 1.82) is 0 Å². The normalized spacial score (nSPS) is 21.0. The lowest BCUT2D eigenvalue weighted by Gasteiger charge is -2.28. The van der Waals surface area contributed by atoms with Gasteiger partial charge >= 0.3 is 0 Å². The molecule has 1 amide bonds. The zero-order chi connectivity index (χ0) is 12.4. The highest BCUT2D eigenvalue weighted by Crippen LogP contribution is 2.34. The third-order valence-corrected chi connectivity index (χ3v) is 3.83. The van der Waals surface area contributed by atoms with Gasteiger partial charge in [-0.1, -0.05) is 24.3 Å². The molecular formula is C15H20N2O. The van der Waals surface area contributed by atoms with Crippen molar-refractivity contribution in [2.45, 2.75) is 37.6 Å². The van der Waals surface area contributed by atoms with Crippen LogP contribution >= 0.6 is 0 Å². The molecule has 0 aliphatic heterocycles. The Morgan fingerprint density at radius 3 is 2.83 bits per heavy atom. The van der Waals surface area contributed by atoms with E-state index in [0.717, 1.165) is 32.0 Å². The van der Waals surface area contributed by atoms with Crippen LogP contribution in [-0.2, 0) is 11.2 Å². The van der Waals surface area contributed by atoms with Gasteiger partial charge in [-0.15, -0.1) is 0 Å². The number of benzene rings is 1. The highest BCUT2D eigenvalue weighted by Gasteiger charge is 2.31. The van der Waals surface area contributed by atoms with Crippen molar-refractivity contribution in [2.75, 3.05) is 13.1 Å². The first kappa shape index (κ1) is 11.7. The molecule has 1 aromatic rings. The Labute approximate surface area is 108 Å². The molecule has 2 aliphatic rings. The van der Waals surface area contributed by atoms with Crippen molar-refractivity contribution in [3.63, 3.8) is 0 Å². The molecule has 2 aliphatic carbocycles. The minimum Gasteiger partial charge on any atom is -0.356 e. The van der Waals surface area contributed by atoms with E-state index in [4.69, 9.17) is 0 Å². The molecule has 0 heterocycles. The van der Waals surface area contributed by atoms with Gasteiger partial charge in [0.2, 0.25) is 5.91 Å². The lowest BCUT2D eigenvalue weighted by molar-refractivity contribution is -0.123. The van der Waals surface area contributed by atoms with Crippen molar-refractivity contribution in [1.82, 2.24) is 10.6 Å². The first-order valence-corrected chi connectivity index (χ1v) is 6.93.